The van der Waals surface area contributed by atoms with E-state index < -0.39 is 6.10 Å². The van der Waals surface area contributed by atoms with Crippen LogP contribution in [0.1, 0.15) is 23.9 Å². The molecule has 2 aromatic heterocycles. The zero-order valence-electron chi connectivity index (χ0n) is 14.3. The summed E-state index contributed by atoms with van der Waals surface area (Å²) < 4.78 is 10.9. The first kappa shape index (κ1) is 17.2. The molecule has 1 amide bonds. The summed E-state index contributed by atoms with van der Waals surface area (Å²) in [5, 5.41) is 8.61. The van der Waals surface area contributed by atoms with Crippen molar-refractivity contribution in [2.75, 3.05) is 0 Å². The number of nitrogens with zero attached hydrogens (tertiary/aromatic N) is 2. The molecule has 3 rings (SSSR count). The highest BCUT2D eigenvalue weighted by molar-refractivity contribution is 7.13. The van der Waals surface area contributed by atoms with Gasteiger partial charge in [0, 0.05) is 0 Å². The topological polar surface area (TPSA) is 77.2 Å². The summed E-state index contributed by atoms with van der Waals surface area (Å²) in [5.74, 6) is 1.35. The fraction of sp³-hybridized carbons (Fsp3) is 0.278. The van der Waals surface area contributed by atoms with Crippen molar-refractivity contribution < 1.29 is 14.1 Å². The van der Waals surface area contributed by atoms with Crippen LogP contribution in [0.3, 0.4) is 0 Å². The lowest BCUT2D eigenvalue weighted by Gasteiger charge is -2.16. The number of hydrogen-bond acceptors (Lipinski definition) is 6. The Balaban J connectivity index is 1.56. The monoisotopic (exact) mass is 357 g/mol. The fourth-order valence-corrected chi connectivity index (χ4v) is 2.88. The van der Waals surface area contributed by atoms with Crippen LogP contribution in [0.5, 0.6) is 5.75 Å². The second-order valence-corrected chi connectivity index (χ2v) is 6.61. The fourth-order valence-electron chi connectivity index (χ4n) is 2.23. The number of carbonyl (C=O) groups is 1. The Morgan fingerprint density at radius 1 is 1.32 bits per heavy atom. The van der Waals surface area contributed by atoms with E-state index in [4.69, 9.17) is 9.26 Å². The van der Waals surface area contributed by atoms with Crippen LogP contribution >= 0.6 is 11.3 Å². The Morgan fingerprint density at radius 2 is 2.16 bits per heavy atom. The van der Waals surface area contributed by atoms with Gasteiger partial charge < -0.3 is 14.6 Å². The van der Waals surface area contributed by atoms with Gasteiger partial charge >= 0.3 is 0 Å². The number of thiophene rings is 1. The van der Waals surface area contributed by atoms with Gasteiger partial charge in [-0.3, -0.25) is 4.79 Å². The minimum absolute atomic E-state index is 0.164. The molecule has 0 saturated carbocycles. The second-order valence-electron chi connectivity index (χ2n) is 5.66. The van der Waals surface area contributed by atoms with Gasteiger partial charge in [0.2, 0.25) is 11.7 Å². The van der Waals surface area contributed by atoms with Crippen molar-refractivity contribution in [2.45, 2.75) is 33.4 Å². The normalized spacial score (nSPS) is 12.0. The minimum Gasteiger partial charge on any atom is -0.481 e. The van der Waals surface area contributed by atoms with E-state index in [1.807, 2.05) is 49.6 Å². The predicted molar refractivity (Wildman–Crippen MR) is 95.5 cm³/mol. The average molecular weight is 357 g/mol. The molecule has 7 heteroatoms. The number of carbonyl (C=O) groups excluding carboxylic acids is 1. The summed E-state index contributed by atoms with van der Waals surface area (Å²) in [6, 6.07) is 9.61. The molecule has 1 aromatic carbocycles. The lowest BCUT2D eigenvalue weighted by Crippen LogP contribution is -2.36. The molecule has 0 saturated heterocycles. The van der Waals surface area contributed by atoms with E-state index in [-0.39, 0.29) is 12.5 Å². The quantitative estimate of drug-likeness (QED) is 0.730. The molecule has 0 aliphatic carbocycles. The Morgan fingerprint density at radius 3 is 2.92 bits per heavy atom. The summed E-state index contributed by atoms with van der Waals surface area (Å²) in [4.78, 5) is 17.4. The summed E-state index contributed by atoms with van der Waals surface area (Å²) in [7, 11) is 0. The standard InChI is InChI=1S/C18H19N3O3S/c1-11-6-4-7-14(12(11)2)23-13(3)18(22)19-10-16-20-17(21-24-16)15-8-5-9-25-15/h4-9,13H,10H2,1-3H3,(H,19,22). The van der Waals surface area contributed by atoms with E-state index in [9.17, 15) is 4.79 Å². The largest absolute Gasteiger partial charge is 0.481 e. The van der Waals surface area contributed by atoms with Crippen LogP contribution in [0.2, 0.25) is 0 Å². The van der Waals surface area contributed by atoms with Crippen LogP contribution in [0.15, 0.2) is 40.2 Å². The third kappa shape index (κ3) is 4.06. The Kier molecular flexibility index (Phi) is 5.14. The molecule has 0 fully saturated rings. The van der Waals surface area contributed by atoms with E-state index in [1.165, 1.54) is 11.3 Å². The smallest absolute Gasteiger partial charge is 0.261 e. The highest BCUT2D eigenvalue weighted by Gasteiger charge is 2.17. The molecule has 0 radical (unpaired) electrons. The number of amides is 1. The second kappa shape index (κ2) is 7.48. The molecule has 25 heavy (non-hydrogen) atoms. The summed E-state index contributed by atoms with van der Waals surface area (Å²) in [6.07, 6.45) is -0.625. The van der Waals surface area contributed by atoms with E-state index in [2.05, 4.69) is 15.5 Å². The van der Waals surface area contributed by atoms with Crippen molar-refractivity contribution >= 4 is 17.2 Å². The molecular weight excluding hydrogens is 338 g/mol. The summed E-state index contributed by atoms with van der Waals surface area (Å²) in [5.41, 5.74) is 2.15. The zero-order valence-corrected chi connectivity index (χ0v) is 15.1. The molecule has 2 heterocycles. The van der Waals surface area contributed by atoms with Crippen molar-refractivity contribution in [2.24, 2.45) is 0 Å². The number of hydrogen-bond donors (Lipinski definition) is 1. The highest BCUT2D eigenvalue weighted by Crippen LogP contribution is 2.22. The average Bonchev–Trinajstić information content (AvgIpc) is 3.27. The molecule has 0 bridgehead atoms. The van der Waals surface area contributed by atoms with Gasteiger partial charge in [-0.25, -0.2) is 0 Å². The Bertz CT molecular complexity index is 858. The number of rotatable bonds is 6. The van der Waals surface area contributed by atoms with Gasteiger partial charge in [-0.15, -0.1) is 11.3 Å². The molecule has 6 nitrogen and oxygen atoms in total. The van der Waals surface area contributed by atoms with E-state index in [0.717, 1.165) is 16.0 Å². The minimum atomic E-state index is -0.625. The lowest BCUT2D eigenvalue weighted by atomic mass is 10.1. The lowest BCUT2D eigenvalue weighted by molar-refractivity contribution is -0.127. The molecule has 3 aromatic rings. The van der Waals surface area contributed by atoms with Crippen LogP contribution in [-0.4, -0.2) is 22.2 Å². The molecule has 1 unspecified atom stereocenters. The van der Waals surface area contributed by atoms with Gasteiger partial charge in [-0.05, 0) is 49.4 Å². The van der Waals surface area contributed by atoms with E-state index in [0.29, 0.717) is 17.5 Å². The maximum atomic E-state index is 12.2. The maximum Gasteiger partial charge on any atom is 0.261 e. The highest BCUT2D eigenvalue weighted by atomic mass is 32.1. The van der Waals surface area contributed by atoms with E-state index in [1.54, 1.807) is 6.92 Å². The van der Waals surface area contributed by atoms with Gasteiger partial charge in [0.15, 0.2) is 6.10 Å². The third-order valence-corrected chi connectivity index (χ3v) is 4.72. The molecule has 1 N–H and O–H groups in total. The number of benzene rings is 1. The van der Waals surface area contributed by atoms with Gasteiger partial charge in [0.25, 0.3) is 5.91 Å². The molecule has 0 aliphatic rings. The number of ether oxygens (including phenoxy) is 1. The Hall–Kier alpha value is -2.67. The van der Waals surface area contributed by atoms with E-state index >= 15 is 0 Å². The zero-order chi connectivity index (χ0) is 17.8. The predicted octanol–water partition coefficient (Wildman–Crippen LogP) is 3.50. The summed E-state index contributed by atoms with van der Waals surface area (Å²) >= 11 is 1.53. The van der Waals surface area contributed by atoms with Gasteiger partial charge in [-0.1, -0.05) is 23.4 Å². The van der Waals surface area contributed by atoms with Crippen molar-refractivity contribution in [1.82, 2.24) is 15.5 Å². The molecule has 1 atom stereocenters. The van der Waals surface area contributed by atoms with Crippen molar-refractivity contribution in [3.8, 4) is 16.5 Å². The van der Waals surface area contributed by atoms with Crippen molar-refractivity contribution in [1.29, 1.82) is 0 Å². The van der Waals surface area contributed by atoms with Gasteiger partial charge in [-0.2, -0.15) is 4.98 Å². The number of nitrogens with one attached hydrogen (secondary N) is 1. The summed E-state index contributed by atoms with van der Waals surface area (Å²) in [6.45, 7) is 5.85. The van der Waals surface area contributed by atoms with Crippen LogP contribution in [0.25, 0.3) is 10.7 Å². The van der Waals surface area contributed by atoms with Gasteiger partial charge in [0.05, 0.1) is 11.4 Å². The Labute approximate surface area is 149 Å². The SMILES string of the molecule is Cc1cccc(OC(C)C(=O)NCc2nc(-c3cccs3)no2)c1C. The first-order valence-electron chi connectivity index (χ1n) is 7.91. The van der Waals surface area contributed by atoms with Crippen LogP contribution in [0, 0.1) is 13.8 Å². The third-order valence-electron chi connectivity index (χ3n) is 3.85. The molecule has 0 aliphatic heterocycles. The first-order valence-corrected chi connectivity index (χ1v) is 8.79. The first-order chi connectivity index (χ1) is 12.0. The number of aromatic nitrogens is 2. The molecule has 0 spiro atoms. The van der Waals surface area contributed by atoms with Crippen LogP contribution in [0.4, 0.5) is 0 Å². The maximum absolute atomic E-state index is 12.2. The van der Waals surface area contributed by atoms with Crippen LogP contribution in [-0.2, 0) is 11.3 Å². The van der Waals surface area contributed by atoms with Crippen molar-refractivity contribution in [3.63, 3.8) is 0 Å². The number of aryl methyl sites for hydroxylation is 1. The van der Waals surface area contributed by atoms with Gasteiger partial charge in [0.1, 0.15) is 5.75 Å². The van der Waals surface area contributed by atoms with Crippen molar-refractivity contribution in [3.05, 3.63) is 52.7 Å². The molecule has 130 valence electrons. The molecular formula is C18H19N3O3S. The van der Waals surface area contributed by atoms with Crippen LogP contribution < -0.4 is 10.1 Å².